The SMILES string of the molecule is CC(=O)O[C@@H]1C[C@]23COC[C@](C)([C@@H]2CC[C@H]2C3=CC[C@@]3(C)[C@H](C(=O)O)[C@@](C)([C@H](C)C(C)C)CC[C@]23C)[C@H]1OC(=O)C(N)CCCCNS(=O)(=O)c1ccc(F)cc1. The molecule has 2 bridgehead atoms. The van der Waals surface area contributed by atoms with Gasteiger partial charge >= 0.3 is 17.9 Å². The van der Waals surface area contributed by atoms with E-state index in [-0.39, 0.29) is 46.4 Å². The number of halogens is 1. The first-order valence-corrected chi connectivity index (χ1v) is 22.5. The molecule has 12 atom stereocenters. The van der Waals surface area contributed by atoms with Gasteiger partial charge < -0.3 is 25.1 Å². The smallest absolute Gasteiger partial charge is 0.323 e. The normalized spacial score (nSPS) is 38.4. The van der Waals surface area contributed by atoms with E-state index in [1.165, 1.54) is 24.6 Å². The number of esters is 2. The van der Waals surface area contributed by atoms with Crippen molar-refractivity contribution in [2.24, 2.45) is 62.4 Å². The van der Waals surface area contributed by atoms with Gasteiger partial charge in [-0.25, -0.2) is 17.5 Å². The van der Waals surface area contributed by atoms with Crippen LogP contribution in [0.2, 0.25) is 0 Å². The number of hydrogen-bond donors (Lipinski definition) is 3. The molecule has 1 aromatic carbocycles. The van der Waals surface area contributed by atoms with Crippen LogP contribution in [0.5, 0.6) is 0 Å². The molecule has 13 heteroatoms. The first-order chi connectivity index (χ1) is 26.6. The molecule has 4 aliphatic carbocycles. The highest BCUT2D eigenvalue weighted by Gasteiger charge is 2.72. The van der Waals surface area contributed by atoms with E-state index in [0.29, 0.717) is 44.8 Å². The quantitative estimate of drug-likeness (QED) is 0.107. The van der Waals surface area contributed by atoms with E-state index >= 15 is 0 Å². The number of nitrogens with one attached hydrogen (secondary N) is 1. The lowest BCUT2D eigenvalue weighted by Crippen LogP contribution is -2.70. The van der Waals surface area contributed by atoms with Crippen LogP contribution in [-0.4, -0.2) is 69.4 Å². The lowest BCUT2D eigenvalue weighted by Gasteiger charge is -2.71. The molecule has 57 heavy (non-hydrogen) atoms. The number of allylic oxidation sites excluding steroid dienone is 1. The van der Waals surface area contributed by atoms with Crippen LogP contribution in [-0.2, 0) is 38.6 Å². The minimum atomic E-state index is -3.81. The lowest BCUT2D eigenvalue weighted by molar-refractivity contribution is -0.263. The summed E-state index contributed by atoms with van der Waals surface area (Å²) in [6, 6.07) is 3.58. The molecule has 11 nitrogen and oxygen atoms in total. The number of carbonyl (C=O) groups excluding carboxylic acids is 2. The number of aliphatic carboxylic acids is 1. The molecular formula is C44H65FN2O9S. The van der Waals surface area contributed by atoms with Crippen LogP contribution in [0.4, 0.5) is 4.39 Å². The average Bonchev–Trinajstić information content (AvgIpc) is 3.12. The summed E-state index contributed by atoms with van der Waals surface area (Å²) < 4.78 is 59.8. The van der Waals surface area contributed by atoms with Gasteiger partial charge in [0.15, 0.2) is 0 Å². The number of ether oxygens (including phenoxy) is 3. The second-order valence-electron chi connectivity index (χ2n) is 19.5. The molecule has 4 fully saturated rings. The molecule has 0 spiro atoms. The van der Waals surface area contributed by atoms with Crippen LogP contribution in [0.3, 0.4) is 0 Å². The van der Waals surface area contributed by atoms with E-state index < -0.39 is 74.2 Å². The van der Waals surface area contributed by atoms with Crippen molar-refractivity contribution in [2.45, 2.75) is 136 Å². The second-order valence-corrected chi connectivity index (χ2v) is 21.3. The van der Waals surface area contributed by atoms with Crippen molar-refractivity contribution in [3.63, 3.8) is 0 Å². The van der Waals surface area contributed by atoms with Crippen LogP contribution >= 0.6 is 0 Å². The summed E-state index contributed by atoms with van der Waals surface area (Å²) in [6.45, 7) is 17.7. The fourth-order valence-corrected chi connectivity index (χ4v) is 13.9. The Morgan fingerprint density at radius 1 is 1.00 bits per heavy atom. The van der Waals surface area contributed by atoms with Crippen molar-refractivity contribution in [3.8, 4) is 0 Å². The van der Waals surface area contributed by atoms with Gasteiger partial charge in [0.05, 0.1) is 24.0 Å². The highest BCUT2D eigenvalue weighted by molar-refractivity contribution is 7.89. The molecule has 0 amide bonds. The number of carbonyl (C=O) groups is 3. The molecule has 0 aromatic heterocycles. The largest absolute Gasteiger partial charge is 0.481 e. The summed E-state index contributed by atoms with van der Waals surface area (Å²) >= 11 is 0. The van der Waals surface area contributed by atoms with Crippen molar-refractivity contribution < 1.29 is 46.5 Å². The molecule has 6 rings (SSSR count). The Hall–Kier alpha value is -2.87. The third-order valence-electron chi connectivity index (χ3n) is 16.3. The zero-order chi connectivity index (χ0) is 41.9. The highest BCUT2D eigenvalue weighted by atomic mass is 32.2. The molecule has 0 radical (unpaired) electrons. The highest BCUT2D eigenvalue weighted by Crippen LogP contribution is 2.75. The van der Waals surface area contributed by atoms with E-state index in [0.717, 1.165) is 37.8 Å². The van der Waals surface area contributed by atoms with Crippen LogP contribution in [0.1, 0.15) is 113 Å². The number of fused-ring (bicyclic) bond motifs is 3. The van der Waals surface area contributed by atoms with E-state index in [2.05, 4.69) is 59.3 Å². The van der Waals surface area contributed by atoms with Crippen molar-refractivity contribution in [2.75, 3.05) is 19.8 Å². The van der Waals surface area contributed by atoms with Gasteiger partial charge in [0.2, 0.25) is 10.0 Å². The monoisotopic (exact) mass is 816 g/mol. The molecule has 318 valence electrons. The summed E-state index contributed by atoms with van der Waals surface area (Å²) in [5.74, 6) is -2.05. The zero-order valence-electron chi connectivity index (χ0n) is 35.1. The zero-order valence-corrected chi connectivity index (χ0v) is 35.9. The van der Waals surface area contributed by atoms with E-state index in [4.69, 9.17) is 19.9 Å². The summed E-state index contributed by atoms with van der Waals surface area (Å²) in [5, 5.41) is 11.0. The van der Waals surface area contributed by atoms with E-state index in [9.17, 15) is 32.3 Å². The molecular weight excluding hydrogens is 752 g/mol. The van der Waals surface area contributed by atoms with Crippen LogP contribution in [0, 0.1) is 62.5 Å². The van der Waals surface area contributed by atoms with Gasteiger partial charge in [0.1, 0.15) is 24.1 Å². The van der Waals surface area contributed by atoms with Gasteiger partial charge in [-0.15, -0.1) is 0 Å². The maximum atomic E-state index is 13.7. The van der Waals surface area contributed by atoms with Crippen molar-refractivity contribution >= 4 is 27.9 Å². The Balaban J connectivity index is 1.21. The van der Waals surface area contributed by atoms with Gasteiger partial charge in [-0.3, -0.25) is 14.4 Å². The van der Waals surface area contributed by atoms with Gasteiger partial charge in [-0.05, 0) is 116 Å². The number of carboxylic acid groups (broad SMARTS) is 1. The maximum absolute atomic E-state index is 13.7. The third kappa shape index (κ3) is 7.28. The van der Waals surface area contributed by atoms with Gasteiger partial charge in [-0.1, -0.05) is 66.5 Å². The Morgan fingerprint density at radius 3 is 2.32 bits per heavy atom. The molecule has 1 aliphatic heterocycles. The standard InChI is InChI=1S/C44H65FN2O9S/c1-26(2)27(3)40(5)20-21-42(7)31-16-17-35-41(6)24-54-25-44(35,32(31)18-19-43(42,8)36(40)38(49)50)23-34(55-28(4)48)37(41)56-39(51)33(46)11-9-10-22-47-57(52,53)30-14-12-29(45)13-15-30/h12-15,18,26-27,31,33-37,47H,9-11,16-17,19-25,46H2,1-8H3,(H,49,50)/t27-,31+,33?,34-,35+,36-,37+,40-,41-,42-,43+,44-/m1/s1. The number of sulfonamides is 1. The van der Waals surface area contributed by atoms with Gasteiger partial charge in [-0.2, -0.15) is 0 Å². The Morgan fingerprint density at radius 2 is 1.68 bits per heavy atom. The number of carboxylic acids is 1. The fraction of sp³-hybridized carbons (Fsp3) is 0.750. The predicted molar refractivity (Wildman–Crippen MR) is 212 cm³/mol. The van der Waals surface area contributed by atoms with Crippen LogP contribution < -0.4 is 10.5 Å². The summed E-state index contributed by atoms with van der Waals surface area (Å²) in [5.41, 5.74) is 5.40. The van der Waals surface area contributed by atoms with E-state index in [1.54, 1.807) is 0 Å². The maximum Gasteiger partial charge on any atom is 0.323 e. The number of rotatable bonds is 13. The first kappa shape index (κ1) is 43.7. The lowest BCUT2D eigenvalue weighted by atomic mass is 9.34. The molecule has 1 heterocycles. The predicted octanol–water partition coefficient (Wildman–Crippen LogP) is 7.03. The van der Waals surface area contributed by atoms with Crippen molar-refractivity contribution in [1.82, 2.24) is 4.72 Å². The molecule has 1 saturated heterocycles. The number of benzene rings is 1. The second kappa shape index (κ2) is 15.6. The van der Waals surface area contributed by atoms with Crippen molar-refractivity contribution in [3.05, 3.63) is 41.7 Å². The fourth-order valence-electron chi connectivity index (χ4n) is 12.8. The minimum absolute atomic E-state index is 0.0377. The van der Waals surface area contributed by atoms with Gasteiger partial charge in [0, 0.05) is 24.3 Å². The molecule has 1 unspecified atom stereocenters. The van der Waals surface area contributed by atoms with Crippen molar-refractivity contribution in [1.29, 1.82) is 0 Å². The van der Waals surface area contributed by atoms with Crippen LogP contribution in [0.15, 0.2) is 40.8 Å². The average molecular weight is 817 g/mol. The number of unbranched alkanes of at least 4 members (excludes halogenated alkanes) is 1. The van der Waals surface area contributed by atoms with E-state index in [1.807, 2.05) is 0 Å². The summed E-state index contributed by atoms with van der Waals surface area (Å²) in [7, 11) is -3.81. The Labute approximate surface area is 338 Å². The summed E-state index contributed by atoms with van der Waals surface area (Å²) in [4.78, 5) is 39.8. The molecule has 3 saturated carbocycles. The third-order valence-corrected chi connectivity index (χ3v) is 17.8. The molecule has 4 N–H and O–H groups in total. The molecule has 5 aliphatic rings. The molecule has 1 aromatic rings. The number of nitrogens with two attached hydrogens (primary N) is 1. The Kier molecular flexibility index (Phi) is 12.0. The van der Waals surface area contributed by atoms with Gasteiger partial charge in [0.25, 0.3) is 0 Å². The van der Waals surface area contributed by atoms with Crippen LogP contribution in [0.25, 0.3) is 0 Å². The first-order valence-electron chi connectivity index (χ1n) is 21.0. The topological polar surface area (TPSA) is 171 Å². The minimum Gasteiger partial charge on any atom is -0.481 e. The summed E-state index contributed by atoms with van der Waals surface area (Å²) in [6.07, 6.45) is 6.44. The Bertz CT molecular complexity index is 1850. The number of hydrogen-bond acceptors (Lipinski definition) is 9.